The first kappa shape index (κ1) is 19.4. The second-order valence-corrected chi connectivity index (χ2v) is 11.3. The summed E-state index contributed by atoms with van der Waals surface area (Å²) in [4.78, 5) is 37.4. The molecule has 3 nitrogen and oxygen atoms in total. The van der Waals surface area contributed by atoms with Gasteiger partial charge in [-0.05, 0) is 73.2 Å². The van der Waals surface area contributed by atoms with Crippen LogP contribution in [0.25, 0.3) is 0 Å². The van der Waals surface area contributed by atoms with Crippen molar-refractivity contribution in [3.05, 3.63) is 12.2 Å². The maximum atomic E-state index is 13.1. The van der Waals surface area contributed by atoms with Gasteiger partial charge in [0.05, 0.1) is 0 Å². The second kappa shape index (κ2) is 6.57. The average Bonchev–Trinajstić information content (AvgIpc) is 2.96. The lowest BCUT2D eigenvalue weighted by Gasteiger charge is -2.60. The van der Waals surface area contributed by atoms with E-state index in [0.717, 1.165) is 25.2 Å². The van der Waals surface area contributed by atoms with E-state index in [4.69, 9.17) is 0 Å². The van der Waals surface area contributed by atoms with Crippen LogP contribution in [0.2, 0.25) is 0 Å². The number of thioether (sulfide) groups is 1. The standard InChI is InChI=1S/C23H32O3S/c1-5-14-6-8-16-20-17(10-11-22(14,16)3)23(4)15(7-9-18(25)21(23)26)12-19(20)27-13(2)24/h7,9,14-17,19-20H,5-6,8,10-12H2,1-4H3/t14-,15?,16-,17-,19+,20-,22+,23-/m0/s1. The summed E-state index contributed by atoms with van der Waals surface area (Å²) in [5.74, 6) is 1.52. The Bertz CT molecular complexity index is 712. The van der Waals surface area contributed by atoms with E-state index in [1.54, 1.807) is 6.92 Å². The van der Waals surface area contributed by atoms with Gasteiger partial charge in [0.2, 0.25) is 11.6 Å². The number of ketones is 2. The smallest absolute Gasteiger partial charge is 0.221 e. The van der Waals surface area contributed by atoms with Gasteiger partial charge in [0.1, 0.15) is 0 Å². The third kappa shape index (κ3) is 2.65. The third-order valence-corrected chi connectivity index (χ3v) is 10.1. The summed E-state index contributed by atoms with van der Waals surface area (Å²) in [6, 6.07) is 0. The molecule has 4 aliphatic carbocycles. The first-order chi connectivity index (χ1) is 12.7. The molecule has 3 fully saturated rings. The maximum absolute atomic E-state index is 13.1. The first-order valence-corrected chi connectivity index (χ1v) is 11.6. The topological polar surface area (TPSA) is 51.2 Å². The molecule has 0 aromatic carbocycles. The maximum Gasteiger partial charge on any atom is 0.221 e. The third-order valence-electron chi connectivity index (χ3n) is 8.99. The van der Waals surface area contributed by atoms with Crippen molar-refractivity contribution in [2.45, 2.75) is 71.5 Å². The van der Waals surface area contributed by atoms with Crippen molar-refractivity contribution in [1.82, 2.24) is 0 Å². The quantitative estimate of drug-likeness (QED) is 0.635. The van der Waals surface area contributed by atoms with Gasteiger partial charge in [0.25, 0.3) is 0 Å². The van der Waals surface area contributed by atoms with Crippen LogP contribution >= 0.6 is 11.8 Å². The van der Waals surface area contributed by atoms with Crippen molar-refractivity contribution >= 4 is 28.4 Å². The second-order valence-electron chi connectivity index (χ2n) is 9.84. The van der Waals surface area contributed by atoms with E-state index in [-0.39, 0.29) is 33.8 Å². The molecule has 3 saturated carbocycles. The molecule has 0 saturated heterocycles. The first-order valence-electron chi connectivity index (χ1n) is 10.7. The van der Waals surface area contributed by atoms with Gasteiger partial charge in [0, 0.05) is 17.6 Å². The molecule has 0 amide bonds. The summed E-state index contributed by atoms with van der Waals surface area (Å²) in [6.07, 6.45) is 10.2. The Morgan fingerprint density at radius 3 is 2.59 bits per heavy atom. The van der Waals surface area contributed by atoms with Gasteiger partial charge in [-0.15, -0.1) is 0 Å². The van der Waals surface area contributed by atoms with Crippen LogP contribution in [-0.4, -0.2) is 21.9 Å². The van der Waals surface area contributed by atoms with E-state index in [0.29, 0.717) is 17.3 Å². The lowest BCUT2D eigenvalue weighted by atomic mass is 9.45. The molecule has 0 radical (unpaired) electrons. The number of hydrogen-bond acceptors (Lipinski definition) is 4. The predicted octanol–water partition coefficient (Wildman–Crippen LogP) is 4.84. The Balaban J connectivity index is 1.78. The van der Waals surface area contributed by atoms with Crippen molar-refractivity contribution in [2.75, 3.05) is 0 Å². The number of hydrogen-bond donors (Lipinski definition) is 0. The Morgan fingerprint density at radius 1 is 1.19 bits per heavy atom. The molecule has 0 aromatic heterocycles. The number of carbonyl (C=O) groups is 3. The van der Waals surface area contributed by atoms with Crippen LogP contribution in [0.15, 0.2) is 12.2 Å². The lowest BCUT2D eigenvalue weighted by Crippen LogP contribution is -2.60. The highest BCUT2D eigenvalue weighted by Crippen LogP contribution is 2.67. The van der Waals surface area contributed by atoms with Gasteiger partial charge < -0.3 is 0 Å². The molecule has 27 heavy (non-hydrogen) atoms. The minimum absolute atomic E-state index is 0.0912. The van der Waals surface area contributed by atoms with Crippen LogP contribution in [-0.2, 0) is 14.4 Å². The molecule has 0 heterocycles. The summed E-state index contributed by atoms with van der Waals surface area (Å²) in [7, 11) is 0. The number of allylic oxidation sites excluding steroid dienone is 2. The monoisotopic (exact) mass is 388 g/mol. The highest BCUT2D eigenvalue weighted by Gasteiger charge is 2.64. The molecule has 8 atom stereocenters. The molecule has 4 heteroatoms. The molecular formula is C23H32O3S. The molecule has 4 aliphatic rings. The summed E-state index contributed by atoms with van der Waals surface area (Å²) in [5.41, 5.74) is -0.248. The van der Waals surface area contributed by atoms with Crippen LogP contribution in [0, 0.1) is 40.4 Å². The zero-order valence-corrected chi connectivity index (χ0v) is 17.8. The van der Waals surface area contributed by atoms with E-state index >= 15 is 0 Å². The summed E-state index contributed by atoms with van der Waals surface area (Å²) in [5, 5.41) is 0.457. The Hall–Kier alpha value is -0.900. The lowest BCUT2D eigenvalue weighted by molar-refractivity contribution is -0.154. The predicted molar refractivity (Wildman–Crippen MR) is 108 cm³/mol. The van der Waals surface area contributed by atoms with Crippen LogP contribution in [0.5, 0.6) is 0 Å². The average molecular weight is 389 g/mol. The summed E-state index contributed by atoms with van der Waals surface area (Å²) < 4.78 is 0. The van der Waals surface area contributed by atoms with E-state index in [1.165, 1.54) is 37.1 Å². The van der Waals surface area contributed by atoms with E-state index in [9.17, 15) is 14.4 Å². The largest absolute Gasteiger partial charge is 0.290 e. The Morgan fingerprint density at radius 2 is 1.93 bits per heavy atom. The van der Waals surface area contributed by atoms with E-state index in [1.807, 2.05) is 6.08 Å². The van der Waals surface area contributed by atoms with Crippen molar-refractivity contribution < 1.29 is 14.4 Å². The van der Waals surface area contributed by atoms with Gasteiger partial charge >= 0.3 is 0 Å². The number of rotatable bonds is 2. The number of Topliss-reactive ketones (excluding diaryl/α,β-unsaturated/α-hetero) is 1. The van der Waals surface area contributed by atoms with Crippen molar-refractivity contribution in [3.63, 3.8) is 0 Å². The fraction of sp³-hybridized carbons (Fsp3) is 0.783. The molecule has 0 bridgehead atoms. The molecular weight excluding hydrogens is 356 g/mol. The minimum atomic E-state index is -0.573. The number of carbonyl (C=O) groups excluding carboxylic acids is 3. The van der Waals surface area contributed by atoms with E-state index < -0.39 is 5.41 Å². The van der Waals surface area contributed by atoms with Gasteiger partial charge in [-0.2, -0.15) is 0 Å². The molecule has 1 unspecified atom stereocenters. The highest BCUT2D eigenvalue weighted by atomic mass is 32.2. The van der Waals surface area contributed by atoms with Gasteiger partial charge in [-0.25, -0.2) is 0 Å². The van der Waals surface area contributed by atoms with E-state index in [2.05, 4.69) is 20.8 Å². The highest BCUT2D eigenvalue weighted by molar-refractivity contribution is 8.14. The molecule has 148 valence electrons. The van der Waals surface area contributed by atoms with Gasteiger partial charge in [-0.1, -0.05) is 45.0 Å². The van der Waals surface area contributed by atoms with Crippen molar-refractivity contribution in [3.8, 4) is 0 Å². The van der Waals surface area contributed by atoms with Gasteiger partial charge in [0.15, 0.2) is 5.12 Å². The van der Waals surface area contributed by atoms with Crippen LogP contribution in [0.1, 0.15) is 66.2 Å². The number of fused-ring (bicyclic) bond motifs is 5. The van der Waals surface area contributed by atoms with Crippen molar-refractivity contribution in [2.24, 2.45) is 40.4 Å². The summed E-state index contributed by atoms with van der Waals surface area (Å²) in [6.45, 7) is 8.50. The normalized spacial score (nSPS) is 48.7. The van der Waals surface area contributed by atoms with Crippen LogP contribution in [0.3, 0.4) is 0 Å². The fourth-order valence-corrected chi connectivity index (χ4v) is 8.89. The fourth-order valence-electron chi connectivity index (χ4n) is 7.62. The Labute approximate surface area is 167 Å². The van der Waals surface area contributed by atoms with Crippen LogP contribution in [0.4, 0.5) is 0 Å². The zero-order valence-electron chi connectivity index (χ0n) is 17.0. The zero-order chi connectivity index (χ0) is 19.6. The molecule has 4 rings (SSSR count). The minimum Gasteiger partial charge on any atom is -0.290 e. The Kier molecular flexibility index (Phi) is 4.73. The van der Waals surface area contributed by atoms with Crippen molar-refractivity contribution in [1.29, 1.82) is 0 Å². The SMILES string of the molecule is CC[C@H]1CC[C@H]2[C@@H]3[C@H](SC(C)=O)CC4C=CC(=O)C(=O)[C@]4(C)[C@H]3CC[C@]12C. The molecule has 0 N–H and O–H groups in total. The molecule has 0 aromatic rings. The molecule has 0 aliphatic heterocycles. The van der Waals surface area contributed by atoms with Gasteiger partial charge in [-0.3, -0.25) is 14.4 Å². The molecule has 0 spiro atoms. The summed E-state index contributed by atoms with van der Waals surface area (Å²) >= 11 is 1.50. The van der Waals surface area contributed by atoms with Crippen LogP contribution < -0.4 is 0 Å².